The molecular formula is C18H22ClN3O4. The molecular weight excluding hydrogens is 358 g/mol. The first kappa shape index (κ1) is 19.9. The van der Waals surface area contributed by atoms with E-state index in [0.29, 0.717) is 31.5 Å². The van der Waals surface area contributed by atoms with Crippen molar-refractivity contribution in [3.8, 4) is 0 Å². The zero-order valence-corrected chi connectivity index (χ0v) is 15.2. The fourth-order valence-electron chi connectivity index (χ4n) is 2.76. The van der Waals surface area contributed by atoms with Crippen LogP contribution in [-0.2, 0) is 9.59 Å². The second-order valence-corrected chi connectivity index (χ2v) is 6.54. The summed E-state index contributed by atoms with van der Waals surface area (Å²) < 4.78 is 0. The number of carbonyl (C=O) groups excluding carboxylic acids is 2. The lowest BCUT2D eigenvalue weighted by molar-refractivity contribution is -0.384. The van der Waals surface area contributed by atoms with Crippen molar-refractivity contribution < 1.29 is 14.5 Å². The van der Waals surface area contributed by atoms with E-state index in [1.54, 1.807) is 6.07 Å². The van der Waals surface area contributed by atoms with Gasteiger partial charge < -0.3 is 10.2 Å². The van der Waals surface area contributed by atoms with Crippen molar-refractivity contribution >= 4 is 35.2 Å². The number of nitrogens with zero attached hydrogens (tertiary/aromatic N) is 2. The summed E-state index contributed by atoms with van der Waals surface area (Å²) in [7, 11) is 0. The average molecular weight is 380 g/mol. The van der Waals surface area contributed by atoms with Crippen LogP contribution in [0, 0.1) is 10.1 Å². The predicted molar refractivity (Wildman–Crippen MR) is 99.8 cm³/mol. The molecule has 1 fully saturated rings. The summed E-state index contributed by atoms with van der Waals surface area (Å²) >= 11 is 5.75. The third-order valence-electron chi connectivity index (χ3n) is 4.17. The van der Waals surface area contributed by atoms with Crippen molar-refractivity contribution in [3.63, 3.8) is 0 Å². The molecule has 1 N–H and O–H groups in total. The fraction of sp³-hybridized carbons (Fsp3) is 0.444. The molecule has 0 spiro atoms. The third-order valence-corrected chi connectivity index (χ3v) is 4.49. The lowest BCUT2D eigenvalue weighted by Gasteiger charge is -2.20. The number of nitro groups is 1. The molecule has 140 valence electrons. The van der Waals surface area contributed by atoms with Gasteiger partial charge in [-0.05, 0) is 37.0 Å². The van der Waals surface area contributed by atoms with Gasteiger partial charge >= 0.3 is 0 Å². The van der Waals surface area contributed by atoms with E-state index in [-0.39, 0.29) is 22.5 Å². The van der Waals surface area contributed by atoms with Crippen LogP contribution in [-0.4, -0.2) is 41.3 Å². The second-order valence-electron chi connectivity index (χ2n) is 6.14. The molecule has 1 aliphatic rings. The average Bonchev–Trinajstić information content (AvgIpc) is 2.82. The molecule has 0 aromatic heterocycles. The van der Waals surface area contributed by atoms with E-state index in [0.717, 1.165) is 25.8 Å². The van der Waals surface area contributed by atoms with Crippen LogP contribution >= 0.6 is 11.6 Å². The highest BCUT2D eigenvalue weighted by Crippen LogP contribution is 2.25. The Bertz CT molecular complexity index is 706. The molecule has 1 saturated heterocycles. The Hall–Kier alpha value is -2.41. The van der Waals surface area contributed by atoms with E-state index < -0.39 is 4.92 Å². The van der Waals surface area contributed by atoms with Gasteiger partial charge in [0.2, 0.25) is 11.8 Å². The maximum atomic E-state index is 11.9. The van der Waals surface area contributed by atoms with E-state index in [9.17, 15) is 19.7 Å². The zero-order valence-electron chi connectivity index (χ0n) is 14.4. The largest absolute Gasteiger partial charge is 0.352 e. The molecule has 7 nitrogen and oxygen atoms in total. The minimum atomic E-state index is -0.566. The van der Waals surface area contributed by atoms with E-state index in [2.05, 4.69) is 5.32 Å². The Balaban J connectivity index is 1.76. The Kier molecular flexibility index (Phi) is 7.59. The standard InChI is InChI=1S/C18H22ClN3O4/c19-15-8-6-14(13-16(15)22(25)26)7-9-17(23)20-10-4-12-21-11-3-1-2-5-18(21)24/h6-9,13H,1-5,10-12H2,(H,20,23). The van der Waals surface area contributed by atoms with Crippen LogP contribution in [0.2, 0.25) is 5.02 Å². The van der Waals surface area contributed by atoms with Crippen molar-refractivity contribution in [2.45, 2.75) is 32.1 Å². The lowest BCUT2D eigenvalue weighted by Crippen LogP contribution is -2.33. The van der Waals surface area contributed by atoms with Gasteiger partial charge in [0.1, 0.15) is 5.02 Å². The van der Waals surface area contributed by atoms with Gasteiger partial charge in [-0.25, -0.2) is 0 Å². The molecule has 26 heavy (non-hydrogen) atoms. The highest BCUT2D eigenvalue weighted by molar-refractivity contribution is 6.32. The molecule has 1 aliphatic heterocycles. The van der Waals surface area contributed by atoms with Crippen molar-refractivity contribution in [1.82, 2.24) is 10.2 Å². The van der Waals surface area contributed by atoms with E-state index in [1.807, 2.05) is 4.90 Å². The SMILES string of the molecule is O=C(C=Cc1ccc(Cl)c([N+](=O)[O-])c1)NCCCN1CCCCCC1=O. The third kappa shape index (κ3) is 6.15. The zero-order chi connectivity index (χ0) is 18.9. The Morgan fingerprint density at radius 1 is 1.35 bits per heavy atom. The fourth-order valence-corrected chi connectivity index (χ4v) is 2.95. The number of hydrogen-bond donors (Lipinski definition) is 1. The topological polar surface area (TPSA) is 92.5 Å². The number of rotatable bonds is 7. The van der Waals surface area contributed by atoms with Crippen LogP contribution in [0.1, 0.15) is 37.7 Å². The lowest BCUT2D eigenvalue weighted by atomic mass is 10.2. The normalized spacial score (nSPS) is 15.1. The van der Waals surface area contributed by atoms with Crippen LogP contribution in [0.5, 0.6) is 0 Å². The number of nitro benzene ring substituents is 1. The van der Waals surface area contributed by atoms with E-state index in [1.165, 1.54) is 24.3 Å². The number of nitrogens with one attached hydrogen (secondary N) is 1. The van der Waals surface area contributed by atoms with Gasteiger partial charge in [-0.15, -0.1) is 0 Å². The molecule has 0 aliphatic carbocycles. The van der Waals surface area contributed by atoms with Crippen LogP contribution in [0.25, 0.3) is 6.08 Å². The van der Waals surface area contributed by atoms with Gasteiger partial charge in [0.15, 0.2) is 0 Å². The minimum Gasteiger partial charge on any atom is -0.352 e. The van der Waals surface area contributed by atoms with Gasteiger partial charge in [-0.2, -0.15) is 0 Å². The number of benzene rings is 1. The Labute approximate surface area is 157 Å². The number of halogens is 1. The van der Waals surface area contributed by atoms with Gasteiger partial charge in [-0.3, -0.25) is 19.7 Å². The minimum absolute atomic E-state index is 0.0552. The monoisotopic (exact) mass is 379 g/mol. The summed E-state index contributed by atoms with van der Waals surface area (Å²) in [4.78, 5) is 35.9. The summed E-state index contributed by atoms with van der Waals surface area (Å²) in [5.74, 6) is -0.0946. The van der Waals surface area contributed by atoms with Crippen molar-refractivity contribution in [3.05, 3.63) is 45.0 Å². The van der Waals surface area contributed by atoms with Gasteiger partial charge in [0.05, 0.1) is 4.92 Å². The van der Waals surface area contributed by atoms with Crippen LogP contribution < -0.4 is 5.32 Å². The molecule has 8 heteroatoms. The first-order valence-electron chi connectivity index (χ1n) is 8.65. The van der Waals surface area contributed by atoms with Crippen molar-refractivity contribution in [1.29, 1.82) is 0 Å². The summed E-state index contributed by atoms with van der Waals surface area (Å²) in [6, 6.07) is 4.34. The second kappa shape index (κ2) is 9.91. The highest BCUT2D eigenvalue weighted by atomic mass is 35.5. The summed E-state index contributed by atoms with van der Waals surface area (Å²) in [6.45, 7) is 1.90. The number of likely N-dealkylation sites (tertiary alicyclic amines) is 1. The van der Waals surface area contributed by atoms with Crippen molar-refractivity contribution in [2.24, 2.45) is 0 Å². The Morgan fingerprint density at radius 3 is 2.92 bits per heavy atom. The number of carbonyl (C=O) groups is 2. The maximum absolute atomic E-state index is 11.9. The van der Waals surface area contributed by atoms with Gasteiger partial charge in [0.25, 0.3) is 5.69 Å². The number of hydrogen-bond acceptors (Lipinski definition) is 4. The van der Waals surface area contributed by atoms with Crippen molar-refractivity contribution in [2.75, 3.05) is 19.6 Å². The van der Waals surface area contributed by atoms with Crippen LogP contribution in [0.4, 0.5) is 5.69 Å². The van der Waals surface area contributed by atoms with Crippen LogP contribution in [0.3, 0.4) is 0 Å². The van der Waals surface area contributed by atoms with Gasteiger partial charge in [-0.1, -0.05) is 24.1 Å². The quantitative estimate of drug-likeness (QED) is 0.341. The first-order chi connectivity index (χ1) is 12.5. The Morgan fingerprint density at radius 2 is 2.15 bits per heavy atom. The molecule has 0 atom stereocenters. The van der Waals surface area contributed by atoms with Gasteiger partial charge in [0, 0.05) is 38.2 Å². The first-order valence-corrected chi connectivity index (χ1v) is 9.03. The van der Waals surface area contributed by atoms with E-state index in [4.69, 9.17) is 11.6 Å². The maximum Gasteiger partial charge on any atom is 0.288 e. The number of amides is 2. The molecule has 0 saturated carbocycles. The molecule has 2 rings (SSSR count). The molecule has 0 unspecified atom stereocenters. The molecule has 2 amide bonds. The summed E-state index contributed by atoms with van der Waals surface area (Å²) in [6.07, 6.45) is 7.21. The molecule has 1 aromatic carbocycles. The smallest absolute Gasteiger partial charge is 0.288 e. The summed E-state index contributed by atoms with van der Waals surface area (Å²) in [5, 5.41) is 13.7. The predicted octanol–water partition coefficient (Wildman–Crippen LogP) is 3.17. The van der Waals surface area contributed by atoms with E-state index >= 15 is 0 Å². The molecule has 1 aromatic rings. The molecule has 1 heterocycles. The van der Waals surface area contributed by atoms with Crippen LogP contribution in [0.15, 0.2) is 24.3 Å². The molecule has 0 radical (unpaired) electrons. The summed E-state index contributed by atoms with van der Waals surface area (Å²) in [5.41, 5.74) is 0.322. The molecule has 0 bridgehead atoms. The highest BCUT2D eigenvalue weighted by Gasteiger charge is 2.15.